The Balaban J connectivity index is 0.000000360. The Morgan fingerprint density at radius 3 is 2.53 bits per heavy atom. The highest BCUT2D eigenvalue weighted by molar-refractivity contribution is 5.93. The van der Waals surface area contributed by atoms with Crippen molar-refractivity contribution in [1.29, 1.82) is 0 Å². The molecule has 3 fully saturated rings. The zero-order valence-electron chi connectivity index (χ0n) is 18.0. The topological polar surface area (TPSA) is 89.0 Å². The number of aliphatic carboxylic acids is 1. The lowest BCUT2D eigenvalue weighted by atomic mass is 10.0. The van der Waals surface area contributed by atoms with Crippen molar-refractivity contribution in [3.63, 3.8) is 0 Å². The Morgan fingerprint density at radius 2 is 1.91 bits per heavy atom. The molecule has 32 heavy (non-hydrogen) atoms. The molecule has 1 amide bonds. The van der Waals surface area contributed by atoms with Gasteiger partial charge in [-0.05, 0) is 50.7 Å². The first-order chi connectivity index (χ1) is 15.2. The van der Waals surface area contributed by atoms with E-state index in [9.17, 15) is 18.0 Å². The normalized spacial score (nSPS) is 25.8. The van der Waals surface area contributed by atoms with Crippen LogP contribution in [0.25, 0.3) is 0 Å². The number of rotatable bonds is 4. The maximum Gasteiger partial charge on any atom is 0.490 e. The summed E-state index contributed by atoms with van der Waals surface area (Å²) in [7, 11) is 0. The summed E-state index contributed by atoms with van der Waals surface area (Å²) in [5.41, 5.74) is 1.40. The highest BCUT2D eigenvalue weighted by Gasteiger charge is 2.47. The van der Waals surface area contributed by atoms with Crippen LogP contribution in [0, 0.1) is 12.8 Å². The quantitative estimate of drug-likeness (QED) is 0.742. The van der Waals surface area contributed by atoms with Crippen molar-refractivity contribution in [3.8, 4) is 0 Å². The number of carboxylic acid groups (broad SMARTS) is 1. The number of ether oxygens (including phenoxy) is 2. The average Bonchev–Trinajstić information content (AvgIpc) is 3.39. The molecular formula is C22H29F3N2O5. The van der Waals surface area contributed by atoms with E-state index in [1.807, 2.05) is 24.0 Å². The Labute approximate surface area is 184 Å². The number of amides is 1. The van der Waals surface area contributed by atoms with Gasteiger partial charge >= 0.3 is 12.1 Å². The average molecular weight is 458 g/mol. The fourth-order valence-corrected chi connectivity index (χ4v) is 4.54. The maximum absolute atomic E-state index is 13.0. The number of alkyl halides is 3. The molecule has 0 bridgehead atoms. The lowest BCUT2D eigenvalue weighted by Crippen LogP contribution is -2.44. The van der Waals surface area contributed by atoms with Crippen molar-refractivity contribution < 1.29 is 37.3 Å². The number of fused-ring (bicyclic) bond motifs is 1. The molecule has 0 aromatic carbocycles. The number of carbonyl (C=O) groups is 2. The Kier molecular flexibility index (Phi) is 8.10. The number of carboxylic acids is 1. The zero-order chi connectivity index (χ0) is 23.3. The molecule has 2 saturated heterocycles. The number of nitrogens with zero attached hydrogens (tertiary/aromatic N) is 2. The molecular weight excluding hydrogens is 429 g/mol. The van der Waals surface area contributed by atoms with Crippen LogP contribution in [0.5, 0.6) is 0 Å². The number of carbonyl (C=O) groups excluding carboxylic acids is 1. The van der Waals surface area contributed by atoms with Crippen LogP contribution in [0.3, 0.4) is 0 Å². The number of likely N-dealkylation sites (tertiary alicyclic amines) is 1. The summed E-state index contributed by atoms with van der Waals surface area (Å²) in [5.74, 6) is -2.06. The third-order valence-electron chi connectivity index (χ3n) is 6.11. The van der Waals surface area contributed by atoms with E-state index in [1.54, 1.807) is 6.07 Å². The van der Waals surface area contributed by atoms with Gasteiger partial charge in [-0.2, -0.15) is 13.2 Å². The van der Waals surface area contributed by atoms with Crippen LogP contribution in [0.2, 0.25) is 0 Å². The molecule has 1 N–H and O–H groups in total. The minimum absolute atomic E-state index is 0.000316. The monoisotopic (exact) mass is 458 g/mol. The van der Waals surface area contributed by atoms with Gasteiger partial charge in [0, 0.05) is 18.9 Å². The van der Waals surface area contributed by atoms with Gasteiger partial charge in [0.05, 0.1) is 12.6 Å². The van der Waals surface area contributed by atoms with E-state index < -0.39 is 12.1 Å². The molecule has 10 heteroatoms. The summed E-state index contributed by atoms with van der Waals surface area (Å²) < 4.78 is 44.0. The van der Waals surface area contributed by atoms with Crippen molar-refractivity contribution in [2.24, 2.45) is 5.92 Å². The molecule has 7 nitrogen and oxygen atoms in total. The fourth-order valence-electron chi connectivity index (χ4n) is 4.54. The SMILES string of the molecule is Cc1cccc(C(=O)N2C[C@H](OCC3CCCC3)[C@H]3OCCC[C@H]32)n1.O=C(O)C(F)(F)F. The van der Waals surface area contributed by atoms with Gasteiger partial charge in [-0.25, -0.2) is 9.78 Å². The Hall–Kier alpha value is -2.20. The van der Waals surface area contributed by atoms with Gasteiger partial charge in [-0.3, -0.25) is 4.79 Å². The number of aryl methyl sites for hydroxylation is 1. The number of pyridine rings is 1. The van der Waals surface area contributed by atoms with Gasteiger partial charge < -0.3 is 19.5 Å². The Morgan fingerprint density at radius 1 is 1.22 bits per heavy atom. The van der Waals surface area contributed by atoms with Crippen LogP contribution in [-0.4, -0.2) is 71.1 Å². The highest BCUT2D eigenvalue weighted by Crippen LogP contribution is 2.33. The van der Waals surface area contributed by atoms with Crippen LogP contribution in [0.4, 0.5) is 13.2 Å². The second kappa shape index (κ2) is 10.6. The molecule has 3 heterocycles. The van der Waals surface area contributed by atoms with Gasteiger partial charge in [0.2, 0.25) is 0 Å². The van der Waals surface area contributed by atoms with E-state index in [-0.39, 0.29) is 24.2 Å². The summed E-state index contributed by atoms with van der Waals surface area (Å²) >= 11 is 0. The van der Waals surface area contributed by atoms with Crippen LogP contribution in [0.1, 0.15) is 54.7 Å². The lowest BCUT2D eigenvalue weighted by molar-refractivity contribution is -0.192. The largest absolute Gasteiger partial charge is 0.490 e. The van der Waals surface area contributed by atoms with Crippen LogP contribution < -0.4 is 0 Å². The van der Waals surface area contributed by atoms with E-state index >= 15 is 0 Å². The van der Waals surface area contributed by atoms with E-state index in [0.717, 1.165) is 31.7 Å². The number of aromatic nitrogens is 1. The molecule has 178 valence electrons. The summed E-state index contributed by atoms with van der Waals surface area (Å²) in [4.78, 5) is 28.3. The molecule has 2 aliphatic heterocycles. The lowest BCUT2D eigenvalue weighted by Gasteiger charge is -2.32. The highest BCUT2D eigenvalue weighted by atomic mass is 19.4. The second-order valence-electron chi connectivity index (χ2n) is 8.49. The van der Waals surface area contributed by atoms with E-state index in [2.05, 4.69) is 4.98 Å². The molecule has 1 saturated carbocycles. The molecule has 3 aliphatic rings. The molecule has 4 rings (SSSR count). The third kappa shape index (κ3) is 6.19. The van der Waals surface area contributed by atoms with Gasteiger partial charge in [0.25, 0.3) is 5.91 Å². The maximum atomic E-state index is 13.0. The molecule has 0 unspecified atom stereocenters. The first-order valence-electron chi connectivity index (χ1n) is 10.9. The first kappa shape index (κ1) is 24.4. The van der Waals surface area contributed by atoms with Crippen molar-refractivity contribution in [3.05, 3.63) is 29.6 Å². The van der Waals surface area contributed by atoms with Gasteiger partial charge in [-0.1, -0.05) is 18.9 Å². The molecule has 0 radical (unpaired) electrons. The predicted octanol–water partition coefficient (Wildman–Crippen LogP) is 3.60. The number of hydrogen-bond donors (Lipinski definition) is 1. The van der Waals surface area contributed by atoms with Gasteiger partial charge in [0.15, 0.2) is 0 Å². The van der Waals surface area contributed by atoms with Crippen molar-refractivity contribution >= 4 is 11.9 Å². The molecule has 1 aromatic rings. The summed E-state index contributed by atoms with van der Waals surface area (Å²) in [5, 5.41) is 7.12. The van der Waals surface area contributed by atoms with Gasteiger partial charge in [0.1, 0.15) is 17.9 Å². The predicted molar refractivity (Wildman–Crippen MR) is 108 cm³/mol. The van der Waals surface area contributed by atoms with Crippen LogP contribution in [-0.2, 0) is 14.3 Å². The van der Waals surface area contributed by atoms with E-state index in [1.165, 1.54) is 25.7 Å². The molecule has 0 spiro atoms. The molecule has 3 atom stereocenters. The van der Waals surface area contributed by atoms with Crippen molar-refractivity contribution in [1.82, 2.24) is 9.88 Å². The van der Waals surface area contributed by atoms with E-state index in [0.29, 0.717) is 18.2 Å². The van der Waals surface area contributed by atoms with E-state index in [4.69, 9.17) is 19.4 Å². The van der Waals surface area contributed by atoms with Gasteiger partial charge in [-0.15, -0.1) is 0 Å². The second-order valence-corrected chi connectivity index (χ2v) is 8.49. The molecule has 1 aliphatic carbocycles. The smallest absolute Gasteiger partial charge is 0.475 e. The first-order valence-corrected chi connectivity index (χ1v) is 10.9. The molecule has 1 aromatic heterocycles. The van der Waals surface area contributed by atoms with Crippen molar-refractivity contribution in [2.45, 2.75) is 69.9 Å². The number of hydrogen-bond acceptors (Lipinski definition) is 5. The Bertz CT molecular complexity index is 798. The zero-order valence-corrected chi connectivity index (χ0v) is 18.0. The summed E-state index contributed by atoms with van der Waals surface area (Å²) in [6, 6.07) is 5.74. The summed E-state index contributed by atoms with van der Waals surface area (Å²) in [6.45, 7) is 4.12. The summed E-state index contributed by atoms with van der Waals surface area (Å²) in [6.07, 6.45) is 2.13. The standard InChI is InChI=1S/C20H28N2O3.C2HF3O2/c1-14-6-4-9-16(21-14)20(23)22-12-18(19-17(22)10-5-11-24-19)25-13-15-7-2-3-8-15;3-2(4,5)1(6)7/h4,6,9,15,17-19H,2-3,5,7-8,10-13H2,1H3;(H,6,7)/t17-,18+,19+;/m1./s1. The fraction of sp³-hybridized carbons (Fsp3) is 0.682. The minimum atomic E-state index is -5.08. The minimum Gasteiger partial charge on any atom is -0.475 e. The van der Waals surface area contributed by atoms with Crippen LogP contribution >= 0.6 is 0 Å². The van der Waals surface area contributed by atoms with Crippen LogP contribution in [0.15, 0.2) is 18.2 Å². The number of halogens is 3. The van der Waals surface area contributed by atoms with Crippen molar-refractivity contribution in [2.75, 3.05) is 19.8 Å². The third-order valence-corrected chi connectivity index (χ3v) is 6.11.